The van der Waals surface area contributed by atoms with Crippen LogP contribution in [0.25, 0.3) is 0 Å². The first-order valence-corrected chi connectivity index (χ1v) is 6.56. The molecule has 1 aliphatic carbocycles. The number of ether oxygens (including phenoxy) is 1. The van der Waals surface area contributed by atoms with E-state index >= 15 is 0 Å². The number of hydrogen-bond donors (Lipinski definition) is 1. The predicted octanol–water partition coefficient (Wildman–Crippen LogP) is 2.91. The summed E-state index contributed by atoms with van der Waals surface area (Å²) in [6, 6.07) is 7.34. The first-order chi connectivity index (χ1) is 8.70. The van der Waals surface area contributed by atoms with Crippen molar-refractivity contribution in [1.29, 1.82) is 0 Å². The average Bonchev–Trinajstić information content (AvgIpc) is 2.35. The lowest BCUT2D eigenvalue weighted by Crippen LogP contribution is -2.33. The van der Waals surface area contributed by atoms with Crippen molar-refractivity contribution in [3.05, 3.63) is 29.8 Å². The third-order valence-electron chi connectivity index (χ3n) is 3.90. The minimum absolute atomic E-state index is 0.0455. The lowest BCUT2D eigenvalue weighted by Gasteiger charge is -2.34. The molecule has 3 heteroatoms. The van der Waals surface area contributed by atoms with Crippen LogP contribution < -0.4 is 0 Å². The molecule has 0 radical (unpaired) electrons. The minimum Gasteiger partial charge on any atom is -0.508 e. The molecule has 0 heterocycles. The Morgan fingerprint density at radius 2 is 2.06 bits per heavy atom. The van der Waals surface area contributed by atoms with Crippen LogP contribution >= 0.6 is 0 Å². The number of carbonyl (C=O) groups is 1. The summed E-state index contributed by atoms with van der Waals surface area (Å²) in [5.41, 5.74) is 1.24. The number of esters is 1. The molecule has 1 aromatic rings. The van der Waals surface area contributed by atoms with Crippen LogP contribution in [-0.4, -0.2) is 18.2 Å². The number of hydrogen-bond acceptors (Lipinski definition) is 3. The topological polar surface area (TPSA) is 46.5 Å². The first-order valence-electron chi connectivity index (χ1n) is 6.56. The molecule has 1 aromatic carbocycles. The maximum absolute atomic E-state index is 11.4. The second-order valence-electron chi connectivity index (χ2n) is 5.03. The van der Waals surface area contributed by atoms with Gasteiger partial charge in [-0.2, -0.15) is 0 Å². The van der Waals surface area contributed by atoms with Crippen LogP contribution in [0.15, 0.2) is 24.3 Å². The van der Waals surface area contributed by atoms with Gasteiger partial charge in [-0.05, 0) is 55.7 Å². The van der Waals surface area contributed by atoms with Gasteiger partial charge in [0.15, 0.2) is 0 Å². The van der Waals surface area contributed by atoms with Crippen LogP contribution in [0.3, 0.4) is 0 Å². The van der Waals surface area contributed by atoms with Gasteiger partial charge in [-0.3, -0.25) is 4.79 Å². The molecule has 2 rings (SSSR count). The van der Waals surface area contributed by atoms with Gasteiger partial charge in [0.1, 0.15) is 5.75 Å². The van der Waals surface area contributed by atoms with E-state index < -0.39 is 0 Å². The smallest absolute Gasteiger partial charge is 0.308 e. The summed E-state index contributed by atoms with van der Waals surface area (Å²) >= 11 is 0. The van der Waals surface area contributed by atoms with E-state index in [0.717, 1.165) is 32.1 Å². The average molecular weight is 248 g/mol. The summed E-state index contributed by atoms with van der Waals surface area (Å²) in [5.74, 6) is 0.906. The number of phenolic OH excluding ortho intramolecular Hbond substituents is 1. The van der Waals surface area contributed by atoms with Crippen molar-refractivity contribution in [2.75, 3.05) is 7.11 Å². The van der Waals surface area contributed by atoms with Crippen molar-refractivity contribution in [2.24, 2.45) is 11.8 Å². The SMILES string of the molecule is COC(=O)[C@@H]1CC[C@H]1CCCc1ccc(O)cc1. The van der Waals surface area contributed by atoms with E-state index in [1.807, 2.05) is 12.1 Å². The molecule has 0 unspecified atom stereocenters. The summed E-state index contributed by atoms with van der Waals surface area (Å²) in [5, 5.41) is 9.19. The highest BCUT2D eigenvalue weighted by atomic mass is 16.5. The fourth-order valence-corrected chi connectivity index (χ4v) is 2.61. The van der Waals surface area contributed by atoms with Gasteiger partial charge in [0, 0.05) is 0 Å². The Morgan fingerprint density at radius 3 is 2.61 bits per heavy atom. The van der Waals surface area contributed by atoms with Crippen molar-refractivity contribution < 1.29 is 14.6 Å². The summed E-state index contributed by atoms with van der Waals surface area (Å²) in [4.78, 5) is 11.4. The monoisotopic (exact) mass is 248 g/mol. The second kappa shape index (κ2) is 5.89. The molecule has 0 amide bonds. The number of aryl methyl sites for hydroxylation is 1. The van der Waals surface area contributed by atoms with Gasteiger partial charge in [0.05, 0.1) is 13.0 Å². The van der Waals surface area contributed by atoms with Crippen LogP contribution in [0, 0.1) is 11.8 Å². The molecule has 3 nitrogen and oxygen atoms in total. The summed E-state index contributed by atoms with van der Waals surface area (Å²) in [6.07, 6.45) is 5.31. The van der Waals surface area contributed by atoms with E-state index in [9.17, 15) is 9.90 Å². The summed E-state index contributed by atoms with van der Waals surface area (Å²) in [6.45, 7) is 0. The summed E-state index contributed by atoms with van der Waals surface area (Å²) in [7, 11) is 1.47. The number of phenols is 1. The van der Waals surface area contributed by atoms with E-state index in [2.05, 4.69) is 0 Å². The van der Waals surface area contributed by atoms with Gasteiger partial charge < -0.3 is 9.84 Å². The zero-order valence-electron chi connectivity index (χ0n) is 10.8. The number of benzene rings is 1. The van der Waals surface area contributed by atoms with Crippen molar-refractivity contribution >= 4 is 5.97 Å². The van der Waals surface area contributed by atoms with Crippen LogP contribution in [0.2, 0.25) is 0 Å². The maximum atomic E-state index is 11.4. The Balaban J connectivity index is 1.72. The number of aromatic hydroxyl groups is 1. The van der Waals surface area contributed by atoms with Gasteiger partial charge >= 0.3 is 5.97 Å². The Kier molecular flexibility index (Phi) is 4.24. The molecular weight excluding hydrogens is 228 g/mol. The third-order valence-corrected chi connectivity index (χ3v) is 3.90. The highest BCUT2D eigenvalue weighted by Gasteiger charge is 2.36. The Hall–Kier alpha value is -1.51. The van der Waals surface area contributed by atoms with Crippen LogP contribution in [0.4, 0.5) is 0 Å². The molecular formula is C15H20O3. The lowest BCUT2D eigenvalue weighted by atomic mass is 9.71. The predicted molar refractivity (Wildman–Crippen MR) is 69.3 cm³/mol. The maximum Gasteiger partial charge on any atom is 0.308 e. The first kappa shape index (κ1) is 12.9. The zero-order valence-corrected chi connectivity index (χ0v) is 10.8. The second-order valence-corrected chi connectivity index (χ2v) is 5.03. The van der Waals surface area contributed by atoms with Gasteiger partial charge in [-0.25, -0.2) is 0 Å². The largest absolute Gasteiger partial charge is 0.508 e. The molecule has 0 aromatic heterocycles. The molecule has 1 aliphatic rings. The molecule has 1 fully saturated rings. The van der Waals surface area contributed by atoms with Crippen LogP contribution in [-0.2, 0) is 16.0 Å². The molecule has 98 valence electrons. The van der Waals surface area contributed by atoms with Crippen molar-refractivity contribution in [2.45, 2.75) is 32.1 Å². The Labute approximate surface area is 108 Å². The Bertz CT molecular complexity index is 397. The zero-order chi connectivity index (χ0) is 13.0. The van der Waals surface area contributed by atoms with Crippen molar-refractivity contribution in [1.82, 2.24) is 0 Å². The van der Waals surface area contributed by atoms with Crippen molar-refractivity contribution in [3.8, 4) is 5.75 Å². The Morgan fingerprint density at radius 1 is 1.33 bits per heavy atom. The summed E-state index contributed by atoms with van der Waals surface area (Å²) < 4.78 is 4.80. The molecule has 0 saturated heterocycles. The highest BCUT2D eigenvalue weighted by molar-refractivity contribution is 5.73. The molecule has 0 spiro atoms. The van der Waals surface area contributed by atoms with E-state index in [-0.39, 0.29) is 11.9 Å². The highest BCUT2D eigenvalue weighted by Crippen LogP contribution is 2.38. The lowest BCUT2D eigenvalue weighted by molar-refractivity contribution is -0.151. The molecule has 18 heavy (non-hydrogen) atoms. The van der Waals surface area contributed by atoms with Gasteiger partial charge in [0.2, 0.25) is 0 Å². The number of carbonyl (C=O) groups excluding carboxylic acids is 1. The molecule has 0 aliphatic heterocycles. The molecule has 2 atom stereocenters. The number of methoxy groups -OCH3 is 1. The number of rotatable bonds is 5. The van der Waals surface area contributed by atoms with E-state index in [1.54, 1.807) is 12.1 Å². The normalized spacial score (nSPS) is 22.3. The quantitative estimate of drug-likeness (QED) is 0.815. The third kappa shape index (κ3) is 3.03. The van der Waals surface area contributed by atoms with Crippen LogP contribution in [0.1, 0.15) is 31.2 Å². The van der Waals surface area contributed by atoms with E-state index in [0.29, 0.717) is 11.7 Å². The van der Waals surface area contributed by atoms with E-state index in [4.69, 9.17) is 4.74 Å². The van der Waals surface area contributed by atoms with Gasteiger partial charge in [0.25, 0.3) is 0 Å². The van der Waals surface area contributed by atoms with E-state index in [1.165, 1.54) is 12.7 Å². The fraction of sp³-hybridized carbons (Fsp3) is 0.533. The van der Waals surface area contributed by atoms with Crippen molar-refractivity contribution in [3.63, 3.8) is 0 Å². The van der Waals surface area contributed by atoms with Gasteiger partial charge in [-0.1, -0.05) is 12.1 Å². The molecule has 1 saturated carbocycles. The molecule has 0 bridgehead atoms. The minimum atomic E-state index is -0.0455. The van der Waals surface area contributed by atoms with Gasteiger partial charge in [-0.15, -0.1) is 0 Å². The van der Waals surface area contributed by atoms with Crippen LogP contribution in [0.5, 0.6) is 5.75 Å². The standard InChI is InChI=1S/C15H20O3/c1-18-15(17)14-10-7-12(14)4-2-3-11-5-8-13(16)9-6-11/h5-6,8-9,12,14,16H,2-4,7,10H2,1H3/t12-,14-/m1/s1. The molecule has 1 N–H and O–H groups in total. The fourth-order valence-electron chi connectivity index (χ4n) is 2.61.